The minimum atomic E-state index is -0.302. The normalized spacial score (nSPS) is 15.1. The van der Waals surface area contributed by atoms with Gasteiger partial charge in [0.25, 0.3) is 0 Å². The van der Waals surface area contributed by atoms with Crippen molar-refractivity contribution in [2.24, 2.45) is 5.73 Å². The average molecular weight is 220 g/mol. The van der Waals surface area contributed by atoms with E-state index in [9.17, 15) is 4.79 Å². The van der Waals surface area contributed by atoms with Gasteiger partial charge in [0, 0.05) is 5.25 Å². The number of carbonyl (C=O) groups excluding carboxylic acids is 1. The van der Waals surface area contributed by atoms with E-state index in [1.165, 1.54) is 0 Å². The van der Waals surface area contributed by atoms with Gasteiger partial charge in [-0.3, -0.25) is 4.79 Å². The van der Waals surface area contributed by atoms with E-state index in [1.807, 2.05) is 13.8 Å². The average Bonchev–Trinajstić information content (AvgIpc) is 2.16. The summed E-state index contributed by atoms with van der Waals surface area (Å²) in [4.78, 5) is 10.9. The van der Waals surface area contributed by atoms with Crippen LogP contribution in [0.4, 0.5) is 0 Å². The first-order chi connectivity index (χ1) is 6.61. The number of nitrogens with two attached hydrogens (primary N) is 1. The van der Waals surface area contributed by atoms with E-state index < -0.39 is 0 Å². The maximum absolute atomic E-state index is 10.9. The fourth-order valence-corrected chi connectivity index (χ4v) is 1.91. The van der Waals surface area contributed by atoms with Crippen molar-refractivity contribution in [3.63, 3.8) is 0 Å². The Morgan fingerprint density at radius 2 is 2.29 bits per heavy atom. The molecule has 4 N–H and O–H groups in total. The molecule has 0 spiro atoms. The van der Waals surface area contributed by atoms with Crippen LogP contribution >= 0.6 is 11.8 Å². The zero-order valence-electron chi connectivity index (χ0n) is 8.82. The Balaban J connectivity index is 3.66. The predicted molar refractivity (Wildman–Crippen MR) is 60.3 cm³/mol. The summed E-state index contributed by atoms with van der Waals surface area (Å²) in [7, 11) is 0. The molecule has 14 heavy (non-hydrogen) atoms. The van der Waals surface area contributed by atoms with Crippen LogP contribution in [0.2, 0.25) is 0 Å². The van der Waals surface area contributed by atoms with Gasteiger partial charge in [0.05, 0.1) is 12.6 Å². The lowest BCUT2D eigenvalue weighted by molar-refractivity contribution is -0.120. The molecule has 84 valence electrons. The van der Waals surface area contributed by atoms with Gasteiger partial charge in [-0.2, -0.15) is 11.8 Å². The van der Waals surface area contributed by atoms with Crippen LogP contribution in [-0.2, 0) is 4.79 Å². The molecule has 0 aromatic heterocycles. The van der Waals surface area contributed by atoms with Gasteiger partial charge < -0.3 is 16.2 Å². The smallest absolute Gasteiger partial charge is 0.234 e. The van der Waals surface area contributed by atoms with Crippen molar-refractivity contribution < 1.29 is 9.90 Å². The van der Waals surface area contributed by atoms with Crippen LogP contribution < -0.4 is 11.1 Å². The number of carbonyl (C=O) groups is 1. The van der Waals surface area contributed by atoms with Crippen LogP contribution in [0.1, 0.15) is 20.3 Å². The van der Waals surface area contributed by atoms with Crippen molar-refractivity contribution in [2.45, 2.75) is 31.6 Å². The molecule has 0 aromatic carbocycles. The number of primary amides is 1. The number of thioether (sulfide) groups is 1. The van der Waals surface area contributed by atoms with Crippen LogP contribution in [0.3, 0.4) is 0 Å². The summed E-state index contributed by atoms with van der Waals surface area (Å²) < 4.78 is 0. The molecule has 0 bridgehead atoms. The van der Waals surface area contributed by atoms with E-state index in [2.05, 4.69) is 5.32 Å². The molecule has 0 heterocycles. The third kappa shape index (κ3) is 6.23. The fraction of sp³-hybridized carbons (Fsp3) is 0.889. The lowest BCUT2D eigenvalue weighted by Crippen LogP contribution is -2.41. The first kappa shape index (κ1) is 13.7. The van der Waals surface area contributed by atoms with Gasteiger partial charge in [0.1, 0.15) is 0 Å². The van der Waals surface area contributed by atoms with E-state index in [4.69, 9.17) is 10.8 Å². The van der Waals surface area contributed by atoms with Gasteiger partial charge in [-0.25, -0.2) is 0 Å². The van der Waals surface area contributed by atoms with E-state index in [1.54, 1.807) is 11.8 Å². The summed E-state index contributed by atoms with van der Waals surface area (Å²) in [5, 5.41) is 12.0. The Morgan fingerprint density at radius 3 is 2.71 bits per heavy atom. The van der Waals surface area contributed by atoms with Crippen LogP contribution in [0, 0.1) is 0 Å². The van der Waals surface area contributed by atoms with Gasteiger partial charge in [-0.1, -0.05) is 13.8 Å². The van der Waals surface area contributed by atoms with E-state index >= 15 is 0 Å². The molecule has 0 aliphatic carbocycles. The first-order valence-electron chi connectivity index (χ1n) is 4.87. The molecule has 0 rings (SSSR count). The van der Waals surface area contributed by atoms with Crippen LogP contribution in [0.25, 0.3) is 0 Å². The second-order valence-corrected chi connectivity index (χ2v) is 4.71. The molecule has 0 fully saturated rings. The highest BCUT2D eigenvalue weighted by atomic mass is 32.2. The number of hydrogen-bond acceptors (Lipinski definition) is 4. The zero-order valence-corrected chi connectivity index (χ0v) is 9.64. The van der Waals surface area contributed by atoms with Crippen LogP contribution in [-0.4, -0.2) is 41.2 Å². The van der Waals surface area contributed by atoms with E-state index in [0.717, 1.165) is 18.7 Å². The zero-order chi connectivity index (χ0) is 11.0. The summed E-state index contributed by atoms with van der Waals surface area (Å²) in [6.07, 6.45) is 0.720. The number of amides is 1. The molecule has 5 heteroatoms. The molecule has 0 saturated carbocycles. The SMILES string of the molecule is CCNC(CCSC(C)CO)C(N)=O. The van der Waals surface area contributed by atoms with E-state index in [0.29, 0.717) is 0 Å². The monoisotopic (exact) mass is 220 g/mol. The third-order valence-electron chi connectivity index (χ3n) is 1.86. The lowest BCUT2D eigenvalue weighted by Gasteiger charge is -2.14. The summed E-state index contributed by atoms with van der Waals surface area (Å²) in [6, 6.07) is -0.238. The molecule has 1 amide bonds. The topological polar surface area (TPSA) is 75.3 Å². The predicted octanol–water partition coefficient (Wildman–Crippen LogP) is -0.0461. The Bertz CT molecular complexity index is 167. The van der Waals surface area contributed by atoms with Gasteiger partial charge in [-0.05, 0) is 18.7 Å². The maximum atomic E-state index is 10.9. The Hall–Kier alpha value is -0.260. The highest BCUT2D eigenvalue weighted by Crippen LogP contribution is 2.11. The number of aliphatic hydroxyl groups excluding tert-OH is 1. The molecule has 0 aliphatic rings. The minimum Gasteiger partial charge on any atom is -0.395 e. The standard InChI is InChI=1S/C9H20N2O2S/c1-3-11-8(9(10)13)4-5-14-7(2)6-12/h7-8,11-12H,3-6H2,1-2H3,(H2,10,13). The molecule has 4 nitrogen and oxygen atoms in total. The minimum absolute atomic E-state index is 0.174. The van der Waals surface area contributed by atoms with Crippen molar-refractivity contribution >= 4 is 17.7 Å². The molecule has 2 atom stereocenters. The maximum Gasteiger partial charge on any atom is 0.234 e. The summed E-state index contributed by atoms with van der Waals surface area (Å²) >= 11 is 1.65. The molecular weight excluding hydrogens is 200 g/mol. The molecule has 0 radical (unpaired) electrons. The van der Waals surface area contributed by atoms with Crippen molar-refractivity contribution in [1.29, 1.82) is 0 Å². The fourth-order valence-electron chi connectivity index (χ4n) is 1.03. The molecular formula is C9H20N2O2S. The largest absolute Gasteiger partial charge is 0.395 e. The summed E-state index contributed by atoms with van der Waals surface area (Å²) in [5.74, 6) is 0.534. The van der Waals surface area contributed by atoms with Gasteiger partial charge in [0.2, 0.25) is 5.91 Å². The number of nitrogens with one attached hydrogen (secondary N) is 1. The number of rotatable bonds is 8. The van der Waals surface area contributed by atoms with Crippen LogP contribution in [0.5, 0.6) is 0 Å². The Morgan fingerprint density at radius 1 is 1.64 bits per heavy atom. The first-order valence-corrected chi connectivity index (χ1v) is 5.91. The van der Waals surface area contributed by atoms with Crippen molar-refractivity contribution in [1.82, 2.24) is 5.32 Å². The highest BCUT2D eigenvalue weighted by molar-refractivity contribution is 7.99. The number of hydrogen-bond donors (Lipinski definition) is 3. The second kappa shape index (κ2) is 8.08. The van der Waals surface area contributed by atoms with Gasteiger partial charge in [-0.15, -0.1) is 0 Å². The third-order valence-corrected chi connectivity index (χ3v) is 3.05. The molecule has 0 aromatic rings. The Labute approximate surface area is 89.6 Å². The molecule has 2 unspecified atom stereocenters. The van der Waals surface area contributed by atoms with Gasteiger partial charge in [0.15, 0.2) is 0 Å². The number of likely N-dealkylation sites (N-methyl/N-ethyl adjacent to an activating group) is 1. The summed E-state index contributed by atoms with van der Waals surface area (Å²) in [5.41, 5.74) is 5.21. The van der Waals surface area contributed by atoms with Crippen molar-refractivity contribution in [3.05, 3.63) is 0 Å². The van der Waals surface area contributed by atoms with Gasteiger partial charge >= 0.3 is 0 Å². The number of aliphatic hydroxyl groups is 1. The summed E-state index contributed by atoms with van der Waals surface area (Å²) in [6.45, 7) is 4.82. The van der Waals surface area contributed by atoms with Crippen molar-refractivity contribution in [3.8, 4) is 0 Å². The molecule has 0 aliphatic heterocycles. The second-order valence-electron chi connectivity index (χ2n) is 3.17. The van der Waals surface area contributed by atoms with Crippen LogP contribution in [0.15, 0.2) is 0 Å². The highest BCUT2D eigenvalue weighted by Gasteiger charge is 2.13. The van der Waals surface area contributed by atoms with Crippen molar-refractivity contribution in [2.75, 3.05) is 18.9 Å². The van der Waals surface area contributed by atoms with E-state index in [-0.39, 0.29) is 23.8 Å². The quantitative estimate of drug-likeness (QED) is 0.536. The Kier molecular flexibility index (Phi) is 7.93. The lowest BCUT2D eigenvalue weighted by atomic mass is 10.2. The molecule has 0 saturated heterocycles.